The summed E-state index contributed by atoms with van der Waals surface area (Å²) in [5, 5.41) is 7.33. The van der Waals surface area contributed by atoms with Gasteiger partial charge in [0.1, 0.15) is 5.69 Å². The lowest BCUT2D eigenvalue weighted by molar-refractivity contribution is 0.0564. The van der Waals surface area contributed by atoms with E-state index in [1.165, 1.54) is 18.4 Å². The average Bonchev–Trinajstić information content (AvgIpc) is 3.43. The van der Waals surface area contributed by atoms with Gasteiger partial charge in [-0.05, 0) is 56.0 Å². The predicted molar refractivity (Wildman–Crippen MR) is 99.8 cm³/mol. The third-order valence-corrected chi connectivity index (χ3v) is 5.58. The first kappa shape index (κ1) is 17.2. The highest BCUT2D eigenvalue weighted by Gasteiger charge is 2.31. The van der Waals surface area contributed by atoms with Crippen molar-refractivity contribution in [3.05, 3.63) is 47.5 Å². The van der Waals surface area contributed by atoms with Crippen LogP contribution in [0, 0.1) is 0 Å². The van der Waals surface area contributed by atoms with E-state index in [1.54, 1.807) is 0 Å². The van der Waals surface area contributed by atoms with Crippen molar-refractivity contribution in [3.63, 3.8) is 0 Å². The molecule has 138 valence electrons. The van der Waals surface area contributed by atoms with Crippen LogP contribution in [0.1, 0.15) is 60.3 Å². The standard InChI is InChI=1S/C20H27N5O/c1-2-24(13-15-7-9-21-10-8-15)17-4-3-11-25(14-17)20(26)19-12-18(22-23-19)16-5-6-16/h7-10,12,16-17H,2-6,11,13-14H2,1H3,(H,22,23). The molecule has 2 aliphatic rings. The zero-order valence-corrected chi connectivity index (χ0v) is 15.4. The van der Waals surface area contributed by atoms with E-state index in [0.29, 0.717) is 17.7 Å². The van der Waals surface area contributed by atoms with E-state index in [0.717, 1.165) is 44.7 Å². The SMILES string of the molecule is CCN(Cc1ccncc1)C1CCCN(C(=O)c2cc(C3CC3)[nH]n2)C1. The molecule has 1 saturated carbocycles. The number of likely N-dealkylation sites (tertiary alicyclic amines) is 1. The third-order valence-electron chi connectivity index (χ3n) is 5.58. The topological polar surface area (TPSA) is 65.1 Å². The number of H-pyrrole nitrogens is 1. The van der Waals surface area contributed by atoms with E-state index in [9.17, 15) is 4.79 Å². The molecule has 1 aliphatic heterocycles. The van der Waals surface area contributed by atoms with Crippen LogP contribution in [0.25, 0.3) is 0 Å². The molecule has 0 aromatic carbocycles. The summed E-state index contributed by atoms with van der Waals surface area (Å²) in [5.74, 6) is 0.659. The molecule has 1 atom stereocenters. The van der Waals surface area contributed by atoms with Crippen LogP contribution in [-0.2, 0) is 6.54 Å². The second kappa shape index (κ2) is 7.58. The molecule has 1 saturated heterocycles. The highest BCUT2D eigenvalue weighted by molar-refractivity contribution is 5.92. The summed E-state index contributed by atoms with van der Waals surface area (Å²) in [6.07, 6.45) is 8.29. The Morgan fingerprint density at radius 1 is 1.31 bits per heavy atom. The molecule has 4 rings (SSSR count). The number of carbonyl (C=O) groups is 1. The zero-order chi connectivity index (χ0) is 17.9. The van der Waals surface area contributed by atoms with Gasteiger partial charge in [0, 0.05) is 49.7 Å². The molecule has 2 aromatic heterocycles. The van der Waals surface area contributed by atoms with E-state index >= 15 is 0 Å². The Kier molecular flexibility index (Phi) is 5.02. The summed E-state index contributed by atoms with van der Waals surface area (Å²) in [6, 6.07) is 6.49. The number of carbonyl (C=O) groups excluding carboxylic acids is 1. The molecule has 1 aliphatic carbocycles. The smallest absolute Gasteiger partial charge is 0.274 e. The normalized spacial score (nSPS) is 20.5. The van der Waals surface area contributed by atoms with Gasteiger partial charge in [-0.2, -0.15) is 5.10 Å². The van der Waals surface area contributed by atoms with Crippen molar-refractivity contribution in [2.45, 2.75) is 51.1 Å². The Morgan fingerprint density at radius 2 is 2.12 bits per heavy atom. The molecule has 1 N–H and O–H groups in total. The lowest BCUT2D eigenvalue weighted by atomic mass is 10.0. The maximum atomic E-state index is 12.9. The monoisotopic (exact) mass is 353 g/mol. The van der Waals surface area contributed by atoms with Crippen LogP contribution >= 0.6 is 0 Å². The third kappa shape index (κ3) is 3.80. The first-order chi connectivity index (χ1) is 12.7. The van der Waals surface area contributed by atoms with E-state index < -0.39 is 0 Å². The highest BCUT2D eigenvalue weighted by Crippen LogP contribution is 2.39. The van der Waals surface area contributed by atoms with Crippen molar-refractivity contribution in [3.8, 4) is 0 Å². The molecule has 26 heavy (non-hydrogen) atoms. The Morgan fingerprint density at radius 3 is 2.85 bits per heavy atom. The van der Waals surface area contributed by atoms with Gasteiger partial charge >= 0.3 is 0 Å². The Labute approximate surface area is 154 Å². The summed E-state index contributed by atoms with van der Waals surface area (Å²) in [4.78, 5) is 21.4. The van der Waals surface area contributed by atoms with Gasteiger partial charge in [-0.15, -0.1) is 0 Å². The summed E-state index contributed by atoms with van der Waals surface area (Å²) in [6.45, 7) is 5.68. The maximum absolute atomic E-state index is 12.9. The number of likely N-dealkylation sites (N-methyl/N-ethyl adjacent to an activating group) is 1. The van der Waals surface area contributed by atoms with Crippen LogP contribution in [0.5, 0.6) is 0 Å². The number of hydrogen-bond acceptors (Lipinski definition) is 4. The Bertz CT molecular complexity index is 740. The molecule has 0 bridgehead atoms. The van der Waals surface area contributed by atoms with Gasteiger partial charge in [0.15, 0.2) is 0 Å². The minimum Gasteiger partial charge on any atom is -0.336 e. The number of pyridine rings is 1. The predicted octanol–water partition coefficient (Wildman–Crippen LogP) is 2.81. The van der Waals surface area contributed by atoms with Crippen molar-refractivity contribution in [2.24, 2.45) is 0 Å². The fourth-order valence-corrected chi connectivity index (χ4v) is 3.87. The molecule has 1 unspecified atom stereocenters. The Balaban J connectivity index is 1.41. The minimum atomic E-state index is 0.0674. The van der Waals surface area contributed by atoms with Crippen LogP contribution in [0.15, 0.2) is 30.6 Å². The molecular weight excluding hydrogens is 326 g/mol. The molecule has 2 fully saturated rings. The van der Waals surface area contributed by atoms with Crippen molar-refractivity contribution in [2.75, 3.05) is 19.6 Å². The summed E-state index contributed by atoms with van der Waals surface area (Å²) in [7, 11) is 0. The van der Waals surface area contributed by atoms with Crippen LogP contribution in [0.3, 0.4) is 0 Å². The van der Waals surface area contributed by atoms with Gasteiger partial charge in [0.05, 0.1) is 0 Å². The maximum Gasteiger partial charge on any atom is 0.274 e. The van der Waals surface area contributed by atoms with Gasteiger partial charge in [-0.25, -0.2) is 0 Å². The van der Waals surface area contributed by atoms with Crippen molar-refractivity contribution >= 4 is 5.91 Å². The molecule has 3 heterocycles. The lowest BCUT2D eigenvalue weighted by Gasteiger charge is -2.38. The average molecular weight is 353 g/mol. The number of hydrogen-bond donors (Lipinski definition) is 1. The minimum absolute atomic E-state index is 0.0674. The summed E-state index contributed by atoms with van der Waals surface area (Å²) < 4.78 is 0. The molecule has 6 nitrogen and oxygen atoms in total. The van der Waals surface area contributed by atoms with Gasteiger partial charge in [0.25, 0.3) is 5.91 Å². The largest absolute Gasteiger partial charge is 0.336 e. The van der Waals surface area contributed by atoms with Crippen LogP contribution < -0.4 is 0 Å². The second-order valence-electron chi connectivity index (χ2n) is 7.45. The van der Waals surface area contributed by atoms with Crippen molar-refractivity contribution in [1.29, 1.82) is 0 Å². The quantitative estimate of drug-likeness (QED) is 0.867. The summed E-state index contributed by atoms with van der Waals surface area (Å²) >= 11 is 0. The molecule has 0 spiro atoms. The first-order valence-electron chi connectivity index (χ1n) is 9.72. The van der Waals surface area contributed by atoms with Gasteiger partial charge in [0.2, 0.25) is 0 Å². The molecule has 1 amide bonds. The molecular formula is C20H27N5O. The Hall–Kier alpha value is -2.21. The number of piperidine rings is 1. The van der Waals surface area contributed by atoms with Crippen LogP contribution in [0.2, 0.25) is 0 Å². The zero-order valence-electron chi connectivity index (χ0n) is 15.4. The van der Waals surface area contributed by atoms with E-state index in [1.807, 2.05) is 23.4 Å². The number of rotatable bonds is 6. The molecule has 0 radical (unpaired) electrons. The van der Waals surface area contributed by atoms with Crippen LogP contribution in [-0.4, -0.2) is 56.6 Å². The van der Waals surface area contributed by atoms with Crippen molar-refractivity contribution in [1.82, 2.24) is 25.0 Å². The number of amides is 1. The van der Waals surface area contributed by atoms with E-state index in [2.05, 4.69) is 39.1 Å². The van der Waals surface area contributed by atoms with Gasteiger partial charge < -0.3 is 4.90 Å². The number of nitrogens with one attached hydrogen (secondary N) is 1. The number of aromatic nitrogens is 3. The van der Waals surface area contributed by atoms with Crippen molar-refractivity contribution < 1.29 is 4.79 Å². The van der Waals surface area contributed by atoms with E-state index in [4.69, 9.17) is 0 Å². The number of aromatic amines is 1. The molecule has 2 aromatic rings. The first-order valence-corrected chi connectivity index (χ1v) is 9.72. The van der Waals surface area contributed by atoms with Crippen LogP contribution in [0.4, 0.5) is 0 Å². The fraction of sp³-hybridized carbons (Fsp3) is 0.550. The fourth-order valence-electron chi connectivity index (χ4n) is 3.87. The number of nitrogens with zero attached hydrogens (tertiary/aromatic N) is 4. The van der Waals surface area contributed by atoms with E-state index in [-0.39, 0.29) is 5.91 Å². The van der Waals surface area contributed by atoms with Gasteiger partial charge in [-0.3, -0.25) is 19.8 Å². The summed E-state index contributed by atoms with van der Waals surface area (Å²) in [5.41, 5.74) is 2.96. The lowest BCUT2D eigenvalue weighted by Crippen LogP contribution is -2.49. The second-order valence-corrected chi connectivity index (χ2v) is 7.45. The van der Waals surface area contributed by atoms with Gasteiger partial charge in [-0.1, -0.05) is 6.92 Å². The highest BCUT2D eigenvalue weighted by atomic mass is 16.2. The molecule has 6 heteroatoms.